The van der Waals surface area contributed by atoms with Gasteiger partial charge in [-0.25, -0.2) is 0 Å². The van der Waals surface area contributed by atoms with Crippen molar-refractivity contribution in [2.75, 3.05) is 6.54 Å². The maximum atomic E-state index is 5.44. The van der Waals surface area contributed by atoms with Gasteiger partial charge in [-0.05, 0) is 38.0 Å². The van der Waals surface area contributed by atoms with E-state index in [0.29, 0.717) is 6.54 Å². The molecular weight excluding hydrogens is 148 g/mol. The van der Waals surface area contributed by atoms with Gasteiger partial charge in [-0.3, -0.25) is 0 Å². The summed E-state index contributed by atoms with van der Waals surface area (Å²) in [7, 11) is 0. The van der Waals surface area contributed by atoms with E-state index < -0.39 is 0 Å². The van der Waals surface area contributed by atoms with Crippen LogP contribution in [0.5, 0.6) is 0 Å². The van der Waals surface area contributed by atoms with Crippen molar-refractivity contribution in [3.8, 4) is 0 Å². The van der Waals surface area contributed by atoms with E-state index in [9.17, 15) is 0 Å². The van der Waals surface area contributed by atoms with E-state index in [2.05, 4.69) is 31.8 Å². The lowest BCUT2D eigenvalue weighted by molar-refractivity contribution is 1.18. The Morgan fingerprint density at radius 1 is 1.58 bits per heavy atom. The summed E-state index contributed by atoms with van der Waals surface area (Å²) in [6.45, 7) is 6.83. The molecule has 2 heteroatoms. The maximum absolute atomic E-state index is 5.44. The van der Waals surface area contributed by atoms with Gasteiger partial charge >= 0.3 is 0 Å². The normalized spacial score (nSPS) is 12.2. The number of nitrogens with two attached hydrogens (primary N) is 1. The number of rotatable bonds is 2. The highest BCUT2D eigenvalue weighted by molar-refractivity contribution is 5.66. The van der Waals surface area contributed by atoms with Gasteiger partial charge in [-0.1, -0.05) is 6.08 Å². The van der Waals surface area contributed by atoms with Crippen molar-refractivity contribution >= 4 is 5.57 Å². The molecule has 0 atom stereocenters. The summed E-state index contributed by atoms with van der Waals surface area (Å²) < 4.78 is 0. The molecule has 1 rings (SSSR count). The first kappa shape index (κ1) is 9.07. The highest BCUT2D eigenvalue weighted by Crippen LogP contribution is 2.18. The molecule has 12 heavy (non-hydrogen) atoms. The van der Waals surface area contributed by atoms with Crippen molar-refractivity contribution in [1.29, 1.82) is 0 Å². The highest BCUT2D eigenvalue weighted by Gasteiger charge is 2.02. The van der Waals surface area contributed by atoms with E-state index in [1.54, 1.807) is 0 Å². The van der Waals surface area contributed by atoms with E-state index in [1.807, 2.05) is 6.08 Å². The first-order valence-electron chi connectivity index (χ1n) is 4.18. The Labute approximate surface area is 73.5 Å². The number of H-pyrrole nitrogens is 1. The van der Waals surface area contributed by atoms with Crippen LogP contribution in [-0.4, -0.2) is 11.5 Å². The number of aryl methyl sites for hydroxylation is 2. The van der Waals surface area contributed by atoms with Crippen LogP contribution in [-0.2, 0) is 0 Å². The van der Waals surface area contributed by atoms with Crippen LogP contribution in [0.3, 0.4) is 0 Å². The molecule has 0 aliphatic carbocycles. The Hall–Kier alpha value is -1.02. The molecule has 3 N–H and O–H groups in total. The van der Waals surface area contributed by atoms with Gasteiger partial charge in [0.15, 0.2) is 0 Å². The molecule has 0 fully saturated rings. The van der Waals surface area contributed by atoms with Crippen LogP contribution in [0.4, 0.5) is 0 Å². The summed E-state index contributed by atoms with van der Waals surface area (Å²) in [4.78, 5) is 3.27. The summed E-state index contributed by atoms with van der Waals surface area (Å²) in [6, 6.07) is 2.15. The lowest BCUT2D eigenvalue weighted by Crippen LogP contribution is -1.94. The second kappa shape index (κ2) is 3.59. The van der Waals surface area contributed by atoms with Crippen molar-refractivity contribution in [2.24, 2.45) is 5.73 Å². The van der Waals surface area contributed by atoms with Crippen LogP contribution >= 0.6 is 0 Å². The van der Waals surface area contributed by atoms with Crippen molar-refractivity contribution in [3.63, 3.8) is 0 Å². The smallest absolute Gasteiger partial charge is 0.0193 e. The van der Waals surface area contributed by atoms with Crippen LogP contribution in [0.25, 0.3) is 5.57 Å². The number of nitrogens with one attached hydrogen (secondary N) is 1. The van der Waals surface area contributed by atoms with E-state index in [-0.39, 0.29) is 0 Å². The second-order valence-corrected chi connectivity index (χ2v) is 3.11. The predicted octanol–water partition coefficient (Wildman–Crippen LogP) is 1.99. The zero-order valence-electron chi connectivity index (χ0n) is 7.94. The molecule has 0 unspecified atom stereocenters. The van der Waals surface area contributed by atoms with Gasteiger partial charge in [-0.2, -0.15) is 0 Å². The van der Waals surface area contributed by atoms with Gasteiger partial charge in [0.2, 0.25) is 0 Å². The SMILES string of the molecule is C/C(=C/CN)c1cc(C)[nH]c1C. The summed E-state index contributed by atoms with van der Waals surface area (Å²) in [5, 5.41) is 0. The average Bonchev–Trinajstić information content (AvgIpc) is 2.30. The van der Waals surface area contributed by atoms with E-state index in [1.165, 1.54) is 22.5 Å². The fourth-order valence-corrected chi connectivity index (χ4v) is 1.42. The van der Waals surface area contributed by atoms with E-state index >= 15 is 0 Å². The van der Waals surface area contributed by atoms with E-state index in [0.717, 1.165) is 0 Å². The van der Waals surface area contributed by atoms with Crippen LogP contribution in [0.15, 0.2) is 12.1 Å². The summed E-state index contributed by atoms with van der Waals surface area (Å²) in [5.41, 5.74) is 10.4. The molecular formula is C10H16N2. The molecule has 0 bridgehead atoms. The second-order valence-electron chi connectivity index (χ2n) is 3.11. The standard InChI is InChI=1S/C10H16N2/c1-7(4-5-11)10-6-8(2)12-9(10)3/h4,6,12H,5,11H2,1-3H3/b7-4-. The minimum absolute atomic E-state index is 0.607. The van der Waals surface area contributed by atoms with Gasteiger partial charge in [-0.15, -0.1) is 0 Å². The Bertz CT molecular complexity index is 295. The van der Waals surface area contributed by atoms with Crippen LogP contribution in [0, 0.1) is 13.8 Å². The van der Waals surface area contributed by atoms with Crippen molar-refractivity contribution in [1.82, 2.24) is 4.98 Å². The molecule has 0 aliphatic heterocycles. The van der Waals surface area contributed by atoms with Gasteiger partial charge in [0.1, 0.15) is 0 Å². The van der Waals surface area contributed by atoms with Crippen molar-refractivity contribution < 1.29 is 0 Å². The Morgan fingerprint density at radius 2 is 2.25 bits per heavy atom. The zero-order valence-corrected chi connectivity index (χ0v) is 7.94. The molecule has 1 aromatic heterocycles. The lowest BCUT2D eigenvalue weighted by Gasteiger charge is -1.98. The lowest BCUT2D eigenvalue weighted by atomic mass is 10.1. The maximum Gasteiger partial charge on any atom is 0.0193 e. The number of hydrogen-bond donors (Lipinski definition) is 2. The van der Waals surface area contributed by atoms with Gasteiger partial charge in [0, 0.05) is 17.9 Å². The van der Waals surface area contributed by atoms with Crippen LogP contribution in [0.2, 0.25) is 0 Å². The molecule has 0 saturated heterocycles. The molecule has 2 nitrogen and oxygen atoms in total. The Balaban J connectivity index is 3.02. The zero-order chi connectivity index (χ0) is 9.14. The largest absolute Gasteiger partial charge is 0.362 e. The number of aromatic amines is 1. The number of hydrogen-bond acceptors (Lipinski definition) is 1. The fourth-order valence-electron chi connectivity index (χ4n) is 1.42. The van der Waals surface area contributed by atoms with Crippen molar-refractivity contribution in [3.05, 3.63) is 29.1 Å². The quantitative estimate of drug-likeness (QED) is 0.689. The molecule has 0 spiro atoms. The van der Waals surface area contributed by atoms with Gasteiger partial charge in [0.25, 0.3) is 0 Å². The average molecular weight is 164 g/mol. The van der Waals surface area contributed by atoms with Crippen molar-refractivity contribution in [2.45, 2.75) is 20.8 Å². The molecule has 0 amide bonds. The molecule has 0 radical (unpaired) electrons. The molecule has 1 heterocycles. The monoisotopic (exact) mass is 164 g/mol. The minimum Gasteiger partial charge on any atom is -0.362 e. The van der Waals surface area contributed by atoms with Crippen LogP contribution in [0.1, 0.15) is 23.9 Å². The third-order valence-electron chi connectivity index (χ3n) is 2.00. The van der Waals surface area contributed by atoms with Gasteiger partial charge < -0.3 is 10.7 Å². The molecule has 0 saturated carbocycles. The molecule has 1 aromatic rings. The summed E-state index contributed by atoms with van der Waals surface area (Å²) in [6.07, 6.45) is 2.04. The Kier molecular flexibility index (Phi) is 2.71. The molecule has 0 aliphatic rings. The fraction of sp³-hybridized carbons (Fsp3) is 0.400. The first-order chi connectivity index (χ1) is 5.65. The first-order valence-corrected chi connectivity index (χ1v) is 4.18. The number of aromatic nitrogens is 1. The third kappa shape index (κ3) is 1.77. The topological polar surface area (TPSA) is 41.8 Å². The Morgan fingerprint density at radius 3 is 2.67 bits per heavy atom. The van der Waals surface area contributed by atoms with Gasteiger partial charge in [0.05, 0.1) is 0 Å². The molecule has 0 aromatic carbocycles. The minimum atomic E-state index is 0.607. The number of allylic oxidation sites excluding steroid dienone is 1. The third-order valence-corrected chi connectivity index (χ3v) is 2.00. The highest BCUT2D eigenvalue weighted by atomic mass is 14.7. The predicted molar refractivity (Wildman–Crippen MR) is 53.0 cm³/mol. The summed E-state index contributed by atoms with van der Waals surface area (Å²) >= 11 is 0. The van der Waals surface area contributed by atoms with E-state index in [4.69, 9.17) is 5.73 Å². The molecule has 66 valence electrons. The summed E-state index contributed by atoms with van der Waals surface area (Å²) in [5.74, 6) is 0. The van der Waals surface area contributed by atoms with Crippen LogP contribution < -0.4 is 5.73 Å².